The van der Waals surface area contributed by atoms with Gasteiger partial charge >= 0.3 is 0 Å². The van der Waals surface area contributed by atoms with Crippen LogP contribution in [0.1, 0.15) is 24.8 Å². The summed E-state index contributed by atoms with van der Waals surface area (Å²) < 4.78 is 0. The first kappa shape index (κ1) is 23.0. The number of fused-ring (bicyclic) bond motifs is 1. The van der Waals surface area contributed by atoms with E-state index in [-0.39, 0.29) is 11.0 Å². The molecule has 0 saturated heterocycles. The smallest absolute Gasteiger partial charge is 0.244 e. The molecule has 3 rings (SSSR count). The fourth-order valence-electron chi connectivity index (χ4n) is 3.72. The summed E-state index contributed by atoms with van der Waals surface area (Å²) in [6.45, 7) is 0.557. The fourth-order valence-corrected chi connectivity index (χ4v) is 3.93. The minimum atomic E-state index is -0.764. The van der Waals surface area contributed by atoms with E-state index < -0.39 is 12.1 Å². The van der Waals surface area contributed by atoms with Crippen molar-refractivity contribution < 1.29 is 9.59 Å². The third kappa shape index (κ3) is 5.94. The lowest BCUT2D eigenvalue weighted by Crippen LogP contribution is -2.52. The summed E-state index contributed by atoms with van der Waals surface area (Å²) in [5.41, 5.74) is 13.4. The molecule has 0 saturated carbocycles. The van der Waals surface area contributed by atoms with Crippen LogP contribution in [0.4, 0.5) is 5.69 Å². The van der Waals surface area contributed by atoms with Crippen LogP contribution in [0, 0.1) is 0 Å². The van der Waals surface area contributed by atoms with Crippen LogP contribution in [0.3, 0.4) is 0 Å². The molecule has 0 aliphatic heterocycles. The van der Waals surface area contributed by atoms with Crippen LogP contribution >= 0.6 is 12.6 Å². The Morgan fingerprint density at radius 3 is 2.26 bits per heavy atom. The number of nitrogens with zero attached hydrogens (tertiary/aromatic N) is 1. The maximum Gasteiger partial charge on any atom is 0.244 e. The molecule has 0 spiro atoms. The van der Waals surface area contributed by atoms with E-state index in [2.05, 4.69) is 12.6 Å². The van der Waals surface area contributed by atoms with Crippen LogP contribution in [-0.2, 0) is 16.0 Å². The molecule has 4 N–H and O–H groups in total. The predicted molar refractivity (Wildman–Crippen MR) is 130 cm³/mol. The van der Waals surface area contributed by atoms with Gasteiger partial charge in [-0.2, -0.15) is 0 Å². The molecule has 0 aliphatic rings. The highest BCUT2D eigenvalue weighted by Gasteiger charge is 2.32. The Morgan fingerprint density at radius 2 is 1.58 bits per heavy atom. The molecule has 5 nitrogen and oxygen atoms in total. The first-order chi connectivity index (χ1) is 15.0. The van der Waals surface area contributed by atoms with Crippen molar-refractivity contribution in [2.75, 3.05) is 11.4 Å². The lowest BCUT2D eigenvalue weighted by Gasteiger charge is -2.32. The summed E-state index contributed by atoms with van der Waals surface area (Å²) in [5.74, 6) is -0.282. The second-order valence-corrected chi connectivity index (χ2v) is 8.12. The van der Waals surface area contributed by atoms with Gasteiger partial charge in [0.2, 0.25) is 11.0 Å². The summed E-state index contributed by atoms with van der Waals surface area (Å²) in [7, 11) is 0. The molecule has 1 amide bonds. The summed E-state index contributed by atoms with van der Waals surface area (Å²) in [6, 6.07) is 21.8. The molecule has 0 radical (unpaired) electrons. The number of unbranched alkanes of at least 4 members (excludes halogenated alkanes) is 1. The van der Waals surface area contributed by atoms with Gasteiger partial charge in [-0.3, -0.25) is 14.5 Å². The standard InChI is InChI=1S/C25H29N3O2S/c26-15-7-6-12-22(27)24(29)28(21-14-13-19-10-4-5-11-20(19)17-21)23(25(30)31)16-18-8-2-1-3-9-18/h1-5,8-11,13-14,17,22-23H,6-7,12,15-16,26-27H2,(H,30,31)/t22-,23-/m1/s1. The third-order valence-corrected chi connectivity index (χ3v) is 5.70. The van der Waals surface area contributed by atoms with Crippen molar-refractivity contribution >= 4 is 40.1 Å². The van der Waals surface area contributed by atoms with Gasteiger partial charge in [0.15, 0.2) is 0 Å². The molecule has 0 aromatic heterocycles. The molecule has 2 atom stereocenters. The van der Waals surface area contributed by atoms with E-state index >= 15 is 0 Å². The first-order valence-electron chi connectivity index (χ1n) is 10.6. The molecule has 162 valence electrons. The third-order valence-electron chi connectivity index (χ3n) is 5.40. The normalized spacial score (nSPS) is 13.0. The van der Waals surface area contributed by atoms with Crippen LogP contribution in [0.25, 0.3) is 10.8 Å². The number of benzene rings is 3. The van der Waals surface area contributed by atoms with Crippen molar-refractivity contribution in [3.05, 3.63) is 78.4 Å². The van der Waals surface area contributed by atoms with Gasteiger partial charge in [-0.25, -0.2) is 0 Å². The van der Waals surface area contributed by atoms with Gasteiger partial charge in [0.05, 0.1) is 6.04 Å². The Kier molecular flexibility index (Phi) is 8.23. The summed E-state index contributed by atoms with van der Waals surface area (Å²) in [4.78, 5) is 27.7. The van der Waals surface area contributed by atoms with Gasteiger partial charge in [0, 0.05) is 12.1 Å². The largest absolute Gasteiger partial charge is 0.330 e. The molecule has 0 bridgehead atoms. The summed E-state index contributed by atoms with van der Waals surface area (Å²) in [6.07, 6.45) is 2.43. The highest BCUT2D eigenvalue weighted by Crippen LogP contribution is 2.27. The van der Waals surface area contributed by atoms with E-state index in [1.165, 1.54) is 4.90 Å². The molecule has 0 fully saturated rings. The SMILES string of the molecule is NCCCC[C@@H](N)C(=O)N(c1ccc2ccccc2c1)[C@H](Cc1ccccc1)C(=O)S. The zero-order valence-corrected chi connectivity index (χ0v) is 18.4. The number of hydrogen-bond donors (Lipinski definition) is 3. The minimum Gasteiger partial charge on any atom is -0.330 e. The Labute approximate surface area is 188 Å². The van der Waals surface area contributed by atoms with Gasteiger partial charge in [0.25, 0.3) is 0 Å². The van der Waals surface area contributed by atoms with Gasteiger partial charge in [-0.15, -0.1) is 12.6 Å². The van der Waals surface area contributed by atoms with Gasteiger partial charge in [-0.1, -0.05) is 67.1 Å². The van der Waals surface area contributed by atoms with E-state index in [0.717, 1.165) is 29.2 Å². The quantitative estimate of drug-likeness (QED) is 0.335. The Morgan fingerprint density at radius 1 is 0.903 bits per heavy atom. The average Bonchev–Trinajstić information content (AvgIpc) is 2.79. The van der Waals surface area contributed by atoms with E-state index in [9.17, 15) is 9.59 Å². The van der Waals surface area contributed by atoms with Crippen molar-refractivity contribution in [1.82, 2.24) is 0 Å². The van der Waals surface area contributed by atoms with E-state index in [0.29, 0.717) is 25.1 Å². The summed E-state index contributed by atoms with van der Waals surface area (Å²) in [5, 5.41) is 1.67. The maximum atomic E-state index is 13.5. The molecule has 0 aliphatic carbocycles. The number of nitrogens with two attached hydrogens (primary N) is 2. The predicted octanol–water partition coefficient (Wildman–Crippen LogP) is 3.70. The minimum absolute atomic E-state index is 0.282. The topological polar surface area (TPSA) is 89.4 Å². The van der Waals surface area contributed by atoms with Crippen LogP contribution in [-0.4, -0.2) is 29.7 Å². The van der Waals surface area contributed by atoms with E-state index in [1.54, 1.807) is 0 Å². The van der Waals surface area contributed by atoms with Crippen LogP contribution in [0.15, 0.2) is 72.8 Å². The lowest BCUT2D eigenvalue weighted by atomic mass is 10.0. The van der Waals surface area contributed by atoms with E-state index in [1.807, 2.05) is 72.8 Å². The van der Waals surface area contributed by atoms with Crippen LogP contribution in [0.2, 0.25) is 0 Å². The fraction of sp³-hybridized carbons (Fsp3) is 0.280. The molecule has 0 unspecified atom stereocenters. The number of carbonyl (C=O) groups excluding carboxylic acids is 2. The van der Waals surface area contributed by atoms with Crippen molar-refractivity contribution in [3.63, 3.8) is 0 Å². The van der Waals surface area contributed by atoms with Crippen molar-refractivity contribution in [2.24, 2.45) is 11.5 Å². The molecular weight excluding hydrogens is 406 g/mol. The molecule has 0 heterocycles. The zero-order valence-electron chi connectivity index (χ0n) is 17.5. The second kappa shape index (κ2) is 11.1. The number of thiol groups is 1. The Bertz CT molecular complexity index is 1030. The monoisotopic (exact) mass is 435 g/mol. The Hall–Kier alpha value is -2.67. The second-order valence-electron chi connectivity index (χ2n) is 7.67. The molecule has 31 heavy (non-hydrogen) atoms. The van der Waals surface area contributed by atoms with Gasteiger partial charge in [-0.05, 0) is 47.9 Å². The number of amides is 1. The van der Waals surface area contributed by atoms with Crippen molar-refractivity contribution in [3.8, 4) is 0 Å². The lowest BCUT2D eigenvalue weighted by molar-refractivity contribution is -0.122. The van der Waals surface area contributed by atoms with Crippen molar-refractivity contribution in [2.45, 2.75) is 37.8 Å². The average molecular weight is 436 g/mol. The van der Waals surface area contributed by atoms with E-state index in [4.69, 9.17) is 11.5 Å². The van der Waals surface area contributed by atoms with Gasteiger partial charge in [0.1, 0.15) is 6.04 Å². The van der Waals surface area contributed by atoms with Crippen LogP contribution in [0.5, 0.6) is 0 Å². The zero-order chi connectivity index (χ0) is 22.2. The van der Waals surface area contributed by atoms with Crippen molar-refractivity contribution in [1.29, 1.82) is 0 Å². The molecule has 6 heteroatoms. The molecule has 3 aromatic rings. The number of anilines is 1. The molecule has 3 aromatic carbocycles. The summed E-state index contributed by atoms with van der Waals surface area (Å²) >= 11 is 4.14. The highest BCUT2D eigenvalue weighted by atomic mass is 32.1. The number of carbonyl (C=O) groups is 2. The molecular formula is C25H29N3O2S. The maximum absolute atomic E-state index is 13.5. The number of hydrogen-bond acceptors (Lipinski definition) is 4. The Balaban J connectivity index is 2.00. The van der Waals surface area contributed by atoms with Crippen LogP contribution < -0.4 is 16.4 Å². The highest BCUT2D eigenvalue weighted by molar-refractivity contribution is 7.96. The van der Waals surface area contributed by atoms with Gasteiger partial charge < -0.3 is 11.5 Å². The number of rotatable bonds is 10. The first-order valence-corrected chi connectivity index (χ1v) is 11.0.